The number of hydrogen-bond acceptors (Lipinski definition) is 1. The van der Waals surface area contributed by atoms with Crippen LogP contribution in [0.5, 0.6) is 0 Å². The first kappa shape index (κ1) is 25.8. The summed E-state index contributed by atoms with van der Waals surface area (Å²) in [5.74, 6) is 0.816. The Bertz CT molecular complexity index is 736. The predicted octanol–water partition coefficient (Wildman–Crippen LogP) is 5.39. The topological polar surface area (TPSA) is 36.4 Å². The zero-order valence-electron chi connectivity index (χ0n) is 15.5. The zero-order chi connectivity index (χ0) is 17.2. The molecule has 150 valence electrons. The molecule has 6 heteroatoms. The molecular formula is C22H26Cl3N3. The van der Waals surface area contributed by atoms with Crippen LogP contribution in [0.15, 0.2) is 96.0 Å². The van der Waals surface area contributed by atoms with Gasteiger partial charge in [-0.3, -0.25) is 0 Å². The van der Waals surface area contributed by atoms with E-state index < -0.39 is 0 Å². The SMILES string of the molecule is Cl.Cl.Cl.c1ccc(CN=C(NCc2ccccc2)NCc2ccccc2)cc1. The van der Waals surface area contributed by atoms with Crippen LogP contribution in [0.4, 0.5) is 0 Å². The molecule has 0 atom stereocenters. The molecule has 0 saturated carbocycles. The van der Waals surface area contributed by atoms with Gasteiger partial charge in [-0.15, -0.1) is 37.2 Å². The minimum Gasteiger partial charge on any atom is -0.352 e. The molecule has 3 aromatic rings. The molecule has 28 heavy (non-hydrogen) atoms. The van der Waals surface area contributed by atoms with Gasteiger partial charge in [0.05, 0.1) is 6.54 Å². The van der Waals surface area contributed by atoms with E-state index in [0.29, 0.717) is 6.54 Å². The molecule has 3 aromatic carbocycles. The third-order valence-corrected chi connectivity index (χ3v) is 3.87. The van der Waals surface area contributed by atoms with E-state index in [1.54, 1.807) is 0 Å². The van der Waals surface area contributed by atoms with Crippen LogP contribution in [0.2, 0.25) is 0 Å². The Hall–Kier alpha value is -2.20. The summed E-state index contributed by atoms with van der Waals surface area (Å²) in [6.07, 6.45) is 0. The summed E-state index contributed by atoms with van der Waals surface area (Å²) < 4.78 is 0. The fraction of sp³-hybridized carbons (Fsp3) is 0.136. The van der Waals surface area contributed by atoms with E-state index in [0.717, 1.165) is 19.0 Å². The van der Waals surface area contributed by atoms with Crippen LogP contribution in [-0.2, 0) is 19.6 Å². The van der Waals surface area contributed by atoms with Gasteiger partial charge >= 0.3 is 0 Å². The summed E-state index contributed by atoms with van der Waals surface area (Å²) in [5, 5.41) is 6.83. The standard InChI is InChI=1S/C22H23N3.3ClH/c1-4-10-19(11-5-1)16-23-22(24-17-20-12-6-2-7-13-20)25-18-21-14-8-3-9-15-21;;;/h1-15H,16-18H2,(H2,23,24,25);3*1H. The van der Waals surface area contributed by atoms with Crippen molar-refractivity contribution in [3.8, 4) is 0 Å². The molecule has 3 rings (SSSR count). The van der Waals surface area contributed by atoms with Crippen molar-refractivity contribution in [2.45, 2.75) is 19.6 Å². The van der Waals surface area contributed by atoms with Crippen molar-refractivity contribution in [3.63, 3.8) is 0 Å². The minimum atomic E-state index is 0. The second-order valence-corrected chi connectivity index (χ2v) is 5.83. The molecule has 0 aliphatic heterocycles. The molecule has 0 heterocycles. The Labute approximate surface area is 185 Å². The molecule has 0 unspecified atom stereocenters. The predicted molar refractivity (Wildman–Crippen MR) is 126 cm³/mol. The number of aliphatic imine (C=N–C) groups is 1. The van der Waals surface area contributed by atoms with Gasteiger partial charge in [0.1, 0.15) is 0 Å². The lowest BCUT2D eigenvalue weighted by Gasteiger charge is -2.13. The van der Waals surface area contributed by atoms with E-state index >= 15 is 0 Å². The van der Waals surface area contributed by atoms with Gasteiger partial charge in [0, 0.05) is 13.1 Å². The molecule has 0 amide bonds. The van der Waals surface area contributed by atoms with Crippen LogP contribution in [0.1, 0.15) is 16.7 Å². The Morgan fingerprint density at radius 1 is 0.536 bits per heavy atom. The second-order valence-electron chi connectivity index (χ2n) is 5.83. The highest BCUT2D eigenvalue weighted by molar-refractivity contribution is 5.86. The van der Waals surface area contributed by atoms with Crippen LogP contribution >= 0.6 is 37.2 Å². The molecule has 3 nitrogen and oxygen atoms in total. The summed E-state index contributed by atoms with van der Waals surface area (Å²) in [5.41, 5.74) is 3.66. The lowest BCUT2D eigenvalue weighted by atomic mass is 10.2. The number of guanidine groups is 1. The largest absolute Gasteiger partial charge is 0.352 e. The lowest BCUT2D eigenvalue weighted by molar-refractivity contribution is 0.797. The third kappa shape index (κ3) is 9.14. The van der Waals surface area contributed by atoms with Crippen LogP contribution in [0.3, 0.4) is 0 Å². The van der Waals surface area contributed by atoms with Gasteiger partial charge < -0.3 is 10.6 Å². The first-order chi connectivity index (χ1) is 12.4. The molecule has 0 saturated heterocycles. The summed E-state index contributed by atoms with van der Waals surface area (Å²) in [6.45, 7) is 2.15. The Morgan fingerprint density at radius 3 is 1.29 bits per heavy atom. The lowest BCUT2D eigenvalue weighted by Crippen LogP contribution is -2.36. The second kappa shape index (κ2) is 14.8. The molecule has 0 aliphatic rings. The number of halogens is 3. The van der Waals surface area contributed by atoms with Gasteiger partial charge in [-0.1, -0.05) is 91.0 Å². The maximum atomic E-state index is 4.72. The van der Waals surface area contributed by atoms with Crippen molar-refractivity contribution < 1.29 is 0 Å². The molecule has 0 aromatic heterocycles. The molecule has 2 N–H and O–H groups in total. The summed E-state index contributed by atoms with van der Waals surface area (Å²) >= 11 is 0. The van der Waals surface area contributed by atoms with Crippen molar-refractivity contribution in [2.24, 2.45) is 4.99 Å². The Balaban J connectivity index is 0.00000243. The van der Waals surface area contributed by atoms with Crippen molar-refractivity contribution in [1.82, 2.24) is 10.6 Å². The minimum absolute atomic E-state index is 0. The molecular weight excluding hydrogens is 413 g/mol. The molecule has 0 radical (unpaired) electrons. The quantitative estimate of drug-likeness (QED) is 0.400. The van der Waals surface area contributed by atoms with Crippen molar-refractivity contribution in [1.29, 1.82) is 0 Å². The first-order valence-electron chi connectivity index (χ1n) is 8.54. The smallest absolute Gasteiger partial charge is 0.192 e. The van der Waals surface area contributed by atoms with Crippen LogP contribution in [0.25, 0.3) is 0 Å². The Morgan fingerprint density at radius 2 is 0.893 bits per heavy atom. The zero-order valence-corrected chi connectivity index (χ0v) is 17.9. The summed E-state index contributed by atoms with van der Waals surface area (Å²) in [6, 6.07) is 31.0. The van der Waals surface area contributed by atoms with E-state index in [4.69, 9.17) is 4.99 Å². The van der Waals surface area contributed by atoms with Crippen molar-refractivity contribution in [3.05, 3.63) is 108 Å². The number of nitrogens with one attached hydrogen (secondary N) is 2. The highest BCUT2D eigenvalue weighted by atomic mass is 35.5. The molecule has 0 fully saturated rings. The van der Waals surface area contributed by atoms with E-state index in [-0.39, 0.29) is 37.2 Å². The van der Waals surface area contributed by atoms with Gasteiger partial charge in [-0.25, -0.2) is 4.99 Å². The number of hydrogen-bond donors (Lipinski definition) is 2. The maximum absolute atomic E-state index is 4.72. The number of rotatable bonds is 6. The normalized spacial score (nSPS) is 9.00. The van der Waals surface area contributed by atoms with Gasteiger partial charge in [-0.05, 0) is 16.7 Å². The van der Waals surface area contributed by atoms with Gasteiger partial charge in [-0.2, -0.15) is 0 Å². The van der Waals surface area contributed by atoms with Crippen LogP contribution < -0.4 is 10.6 Å². The van der Waals surface area contributed by atoms with E-state index in [9.17, 15) is 0 Å². The summed E-state index contributed by atoms with van der Waals surface area (Å²) in [7, 11) is 0. The van der Waals surface area contributed by atoms with E-state index in [2.05, 4.69) is 71.3 Å². The van der Waals surface area contributed by atoms with Crippen molar-refractivity contribution >= 4 is 43.2 Å². The van der Waals surface area contributed by atoms with Gasteiger partial charge in [0.25, 0.3) is 0 Å². The number of nitrogens with zero attached hydrogens (tertiary/aromatic N) is 1. The van der Waals surface area contributed by atoms with Gasteiger partial charge in [0.2, 0.25) is 0 Å². The maximum Gasteiger partial charge on any atom is 0.192 e. The fourth-order valence-corrected chi connectivity index (χ4v) is 2.49. The first-order valence-corrected chi connectivity index (χ1v) is 8.54. The summed E-state index contributed by atoms with van der Waals surface area (Å²) in [4.78, 5) is 4.72. The van der Waals surface area contributed by atoms with Crippen LogP contribution in [-0.4, -0.2) is 5.96 Å². The highest BCUT2D eigenvalue weighted by Crippen LogP contribution is 2.02. The van der Waals surface area contributed by atoms with Crippen molar-refractivity contribution in [2.75, 3.05) is 0 Å². The third-order valence-electron chi connectivity index (χ3n) is 3.87. The monoisotopic (exact) mass is 437 g/mol. The van der Waals surface area contributed by atoms with E-state index in [1.807, 2.05) is 30.3 Å². The molecule has 0 bridgehead atoms. The fourth-order valence-electron chi connectivity index (χ4n) is 2.49. The average molecular weight is 439 g/mol. The molecule has 0 aliphatic carbocycles. The molecule has 0 spiro atoms. The Kier molecular flexibility index (Phi) is 13.6. The average Bonchev–Trinajstić information content (AvgIpc) is 2.70. The highest BCUT2D eigenvalue weighted by Gasteiger charge is 2.00. The van der Waals surface area contributed by atoms with E-state index in [1.165, 1.54) is 16.7 Å². The number of benzene rings is 3. The van der Waals surface area contributed by atoms with Gasteiger partial charge in [0.15, 0.2) is 5.96 Å². The van der Waals surface area contributed by atoms with Crippen LogP contribution in [0, 0.1) is 0 Å².